The molecule has 3 aliphatic heterocycles. The Morgan fingerprint density at radius 2 is 1.87 bits per heavy atom. The van der Waals surface area contributed by atoms with Gasteiger partial charge < -0.3 is 24.2 Å². The van der Waals surface area contributed by atoms with Crippen LogP contribution in [-0.2, 0) is 22.5 Å². The molecule has 12 heteroatoms. The number of nitriles is 1. The molecule has 2 fully saturated rings. The number of amides is 1. The van der Waals surface area contributed by atoms with Crippen molar-refractivity contribution in [2.24, 2.45) is 0 Å². The maximum absolute atomic E-state index is 12.7. The Bertz CT molecular complexity index is 2060. The highest BCUT2D eigenvalue weighted by molar-refractivity contribution is 6.36. The fraction of sp³-hybridized carbons (Fsp3) is 0.405. The third-order valence-electron chi connectivity index (χ3n) is 10.7. The minimum absolute atomic E-state index is 0.168. The molecule has 280 valence electrons. The highest BCUT2D eigenvalue weighted by Crippen LogP contribution is 2.37. The fourth-order valence-electron chi connectivity index (χ4n) is 8.03. The van der Waals surface area contributed by atoms with Gasteiger partial charge in [0.1, 0.15) is 12.4 Å². The molecule has 1 amide bonds. The molecule has 0 unspecified atom stereocenters. The molecule has 0 radical (unpaired) electrons. The number of benzene rings is 3. The van der Waals surface area contributed by atoms with Gasteiger partial charge in [0.05, 0.1) is 48.0 Å². The molecule has 0 saturated carbocycles. The first-order valence-electron chi connectivity index (χ1n) is 18.8. The summed E-state index contributed by atoms with van der Waals surface area (Å²) in [6.45, 7) is 11.0. The summed E-state index contributed by atoms with van der Waals surface area (Å²) in [5.41, 5.74) is 4.61. The number of rotatable bonds is 12. The maximum atomic E-state index is 12.7. The van der Waals surface area contributed by atoms with Gasteiger partial charge in [-0.3, -0.25) is 9.69 Å². The number of esters is 1. The van der Waals surface area contributed by atoms with Gasteiger partial charge in [-0.05, 0) is 74.9 Å². The zero-order valence-corrected chi connectivity index (χ0v) is 31.5. The topological polar surface area (TPSA) is 115 Å². The van der Waals surface area contributed by atoms with Crippen molar-refractivity contribution in [1.29, 1.82) is 5.26 Å². The summed E-state index contributed by atoms with van der Waals surface area (Å²) in [6, 6.07) is 22.2. The molecular weight excluding hydrogens is 702 g/mol. The van der Waals surface area contributed by atoms with Crippen molar-refractivity contribution in [3.8, 4) is 12.1 Å². The third-order valence-corrected chi connectivity index (χ3v) is 11.1. The molecule has 3 aromatic carbocycles. The van der Waals surface area contributed by atoms with Gasteiger partial charge in [0.25, 0.3) is 0 Å². The van der Waals surface area contributed by atoms with E-state index in [-0.39, 0.29) is 30.4 Å². The number of piperazine rings is 1. The van der Waals surface area contributed by atoms with Gasteiger partial charge in [0.15, 0.2) is 0 Å². The Labute approximate surface area is 321 Å². The van der Waals surface area contributed by atoms with E-state index in [1.54, 1.807) is 11.0 Å². The SMILES string of the molecule is C=CC(=O)N1CCN(c2nc(OC[C@@H]3CCCN3CCCOC(=O)c3cccc(C)c3)nc3c2CCN(c2cccc4cccc(Cl)c24)C3)C[C@@H]1CC#N. The molecule has 7 rings (SSSR count). The van der Waals surface area contributed by atoms with Gasteiger partial charge in [-0.25, -0.2) is 4.79 Å². The third kappa shape index (κ3) is 8.15. The number of nitrogens with zero attached hydrogens (tertiary/aromatic N) is 7. The molecule has 3 aliphatic rings. The Kier molecular flexibility index (Phi) is 11.6. The number of likely N-dealkylation sites (tertiary alicyclic amines) is 1. The molecule has 54 heavy (non-hydrogen) atoms. The molecule has 2 saturated heterocycles. The molecule has 1 aromatic heterocycles. The van der Waals surface area contributed by atoms with Crippen molar-refractivity contribution in [2.45, 2.75) is 57.7 Å². The van der Waals surface area contributed by atoms with E-state index < -0.39 is 0 Å². The lowest BCUT2D eigenvalue weighted by molar-refractivity contribution is -0.128. The average molecular weight is 748 g/mol. The van der Waals surface area contributed by atoms with Gasteiger partial charge >= 0.3 is 12.0 Å². The van der Waals surface area contributed by atoms with Crippen LogP contribution in [0.5, 0.6) is 6.01 Å². The second kappa shape index (κ2) is 16.9. The molecule has 4 heterocycles. The van der Waals surface area contributed by atoms with E-state index in [0.29, 0.717) is 62.4 Å². The number of aryl methyl sites for hydroxylation is 1. The van der Waals surface area contributed by atoms with E-state index in [2.05, 4.69) is 51.6 Å². The van der Waals surface area contributed by atoms with E-state index in [1.807, 2.05) is 37.3 Å². The summed E-state index contributed by atoms with van der Waals surface area (Å²) < 4.78 is 12.0. The minimum Gasteiger partial charge on any atom is -0.462 e. The number of hydrogen-bond acceptors (Lipinski definition) is 10. The number of anilines is 2. The highest BCUT2D eigenvalue weighted by atomic mass is 35.5. The van der Waals surface area contributed by atoms with Crippen LogP contribution in [0, 0.1) is 18.3 Å². The molecule has 2 atom stereocenters. The van der Waals surface area contributed by atoms with Crippen molar-refractivity contribution in [1.82, 2.24) is 19.8 Å². The van der Waals surface area contributed by atoms with Crippen LogP contribution in [0.1, 0.15) is 52.9 Å². The normalized spacial score (nSPS) is 18.6. The van der Waals surface area contributed by atoms with Crippen LogP contribution in [0.2, 0.25) is 5.02 Å². The summed E-state index contributed by atoms with van der Waals surface area (Å²) in [6.07, 6.45) is 5.02. The van der Waals surface area contributed by atoms with Gasteiger partial charge in [-0.15, -0.1) is 0 Å². The highest BCUT2D eigenvalue weighted by Gasteiger charge is 2.34. The second-order valence-corrected chi connectivity index (χ2v) is 14.6. The number of halogens is 1. The van der Waals surface area contributed by atoms with Crippen LogP contribution in [-0.4, -0.2) is 96.2 Å². The van der Waals surface area contributed by atoms with E-state index in [0.717, 1.165) is 78.0 Å². The number of fused-ring (bicyclic) bond motifs is 2. The fourth-order valence-corrected chi connectivity index (χ4v) is 8.31. The van der Waals surface area contributed by atoms with Crippen LogP contribution in [0.25, 0.3) is 10.8 Å². The first-order chi connectivity index (χ1) is 26.3. The predicted molar refractivity (Wildman–Crippen MR) is 210 cm³/mol. The number of ether oxygens (including phenoxy) is 2. The molecule has 11 nitrogen and oxygen atoms in total. The van der Waals surface area contributed by atoms with Crippen molar-refractivity contribution < 1.29 is 19.1 Å². The van der Waals surface area contributed by atoms with Crippen LogP contribution >= 0.6 is 11.6 Å². The van der Waals surface area contributed by atoms with Crippen LogP contribution in [0.15, 0.2) is 73.3 Å². The lowest BCUT2D eigenvalue weighted by Crippen LogP contribution is -2.55. The monoisotopic (exact) mass is 747 g/mol. The van der Waals surface area contributed by atoms with Gasteiger partial charge in [-0.1, -0.05) is 60.1 Å². The van der Waals surface area contributed by atoms with E-state index in [1.165, 1.54) is 6.08 Å². The smallest absolute Gasteiger partial charge is 0.338 e. The predicted octanol–water partition coefficient (Wildman–Crippen LogP) is 6.36. The van der Waals surface area contributed by atoms with Gasteiger partial charge in [-0.2, -0.15) is 15.2 Å². The molecular formula is C42H46ClN7O4. The van der Waals surface area contributed by atoms with Crippen molar-refractivity contribution >= 4 is 45.8 Å². The summed E-state index contributed by atoms with van der Waals surface area (Å²) in [4.78, 5) is 43.9. The lowest BCUT2D eigenvalue weighted by atomic mass is 10.0. The first kappa shape index (κ1) is 37.1. The molecule has 0 N–H and O–H groups in total. The van der Waals surface area contributed by atoms with Crippen LogP contribution < -0.4 is 14.5 Å². The van der Waals surface area contributed by atoms with Crippen molar-refractivity contribution in [3.05, 3.63) is 101 Å². The average Bonchev–Trinajstić information content (AvgIpc) is 3.65. The number of aromatic nitrogens is 2. The lowest BCUT2D eigenvalue weighted by Gasteiger charge is -2.42. The Morgan fingerprint density at radius 1 is 1.04 bits per heavy atom. The van der Waals surface area contributed by atoms with E-state index in [4.69, 9.17) is 31.0 Å². The number of carbonyl (C=O) groups excluding carboxylic acids is 2. The largest absolute Gasteiger partial charge is 0.462 e. The van der Waals surface area contributed by atoms with Crippen LogP contribution in [0.3, 0.4) is 0 Å². The summed E-state index contributed by atoms with van der Waals surface area (Å²) >= 11 is 6.76. The first-order valence-corrected chi connectivity index (χ1v) is 19.2. The van der Waals surface area contributed by atoms with Gasteiger partial charge in [0.2, 0.25) is 5.91 Å². The summed E-state index contributed by atoms with van der Waals surface area (Å²) in [5.74, 6) is 0.340. The molecule has 0 aliphatic carbocycles. The standard InChI is InChI=1S/C42H46ClN7O4/c1-3-38(51)50-23-22-49(26-32(50)16-18-44)40-34-17-21-48(37-15-6-11-30-10-5-14-35(43)39(30)37)27-36(34)45-42(46-40)54-28-33-13-7-19-47(33)20-8-24-53-41(52)31-12-4-9-29(2)25-31/h3-6,9-12,14-15,25,32-33H,1,7-8,13,16-17,19-24,26-28H2,2H3/t32-,33-/m0/s1. The van der Waals surface area contributed by atoms with Crippen LogP contribution in [0.4, 0.5) is 11.5 Å². The summed E-state index contributed by atoms with van der Waals surface area (Å²) in [5, 5.41) is 12.5. The summed E-state index contributed by atoms with van der Waals surface area (Å²) in [7, 11) is 0. The quantitative estimate of drug-likeness (QED) is 0.0922. The van der Waals surface area contributed by atoms with Gasteiger partial charge in [0, 0.05) is 55.4 Å². The number of hydrogen-bond donors (Lipinski definition) is 0. The molecule has 0 spiro atoms. The maximum Gasteiger partial charge on any atom is 0.338 e. The van der Waals surface area contributed by atoms with Crippen molar-refractivity contribution in [2.75, 3.05) is 62.3 Å². The Balaban J connectivity index is 1.09. The van der Waals surface area contributed by atoms with E-state index in [9.17, 15) is 14.9 Å². The zero-order valence-electron chi connectivity index (χ0n) is 30.8. The second-order valence-electron chi connectivity index (χ2n) is 14.2. The molecule has 0 bridgehead atoms. The minimum atomic E-state index is -0.296. The molecule has 4 aromatic rings. The number of carbonyl (C=O) groups is 2. The van der Waals surface area contributed by atoms with E-state index >= 15 is 0 Å². The zero-order chi connectivity index (χ0) is 37.6. The Morgan fingerprint density at radius 3 is 2.69 bits per heavy atom. The van der Waals surface area contributed by atoms with Crippen molar-refractivity contribution in [3.63, 3.8) is 0 Å². The Hall–Kier alpha value is -5.18.